The second-order valence-electron chi connectivity index (χ2n) is 2.80. The first-order valence-corrected chi connectivity index (χ1v) is 4.43. The number of carbonyl (C=O) groups excluding carboxylic acids is 1. The molecule has 0 atom stereocenters. The van der Waals surface area contributed by atoms with Crippen molar-refractivity contribution < 1.29 is 8.91 Å². The maximum atomic E-state index is 11.7. The summed E-state index contributed by atoms with van der Waals surface area (Å²) in [5.74, 6) is -0.378. The van der Waals surface area contributed by atoms with E-state index in [1.165, 1.54) is 13.1 Å². The number of anilines is 1. The molecule has 0 aliphatic rings. The lowest BCUT2D eigenvalue weighted by atomic mass is 10.1. The van der Waals surface area contributed by atoms with Gasteiger partial charge in [0.15, 0.2) is 0 Å². The van der Waals surface area contributed by atoms with E-state index in [2.05, 4.69) is 10.6 Å². The van der Waals surface area contributed by atoms with Gasteiger partial charge in [0.1, 0.15) is 0 Å². The molecule has 4 heteroatoms. The molecular weight excluding hydrogens is 200 g/mol. The first-order chi connectivity index (χ1) is 7.76. The predicted octanol–water partition coefficient (Wildman–Crippen LogP) is 2.05. The molecule has 0 bridgehead atoms. The molecule has 1 aromatic carbocycles. The van der Waals surface area contributed by atoms with E-state index in [0.29, 0.717) is 10.6 Å². The first-order valence-electron chi connectivity index (χ1n) is 5.55. The summed E-state index contributed by atoms with van der Waals surface area (Å²) in [6, 6.07) is 3.03. The fourth-order valence-electron chi connectivity index (χ4n) is 1.21. The lowest BCUT2D eigenvalue weighted by molar-refractivity contribution is 0.0963. The van der Waals surface area contributed by atoms with Crippen LogP contribution in [0, 0.1) is 6.92 Å². The molecule has 1 amide bonds. The molecule has 0 aliphatic carbocycles. The van der Waals surface area contributed by atoms with Gasteiger partial charge in [0.25, 0.3) is 5.91 Å². The van der Waals surface area contributed by atoms with Crippen molar-refractivity contribution in [3.8, 4) is 0 Å². The number of amides is 1. The molecule has 1 aromatic rings. The molecule has 0 spiro atoms. The molecule has 1 rings (SSSR count). The van der Waals surface area contributed by atoms with Gasteiger partial charge in [0, 0.05) is 28.8 Å². The minimum Gasteiger partial charge on any atom is -0.387 e. The van der Waals surface area contributed by atoms with E-state index >= 15 is 0 Å². The fourth-order valence-corrected chi connectivity index (χ4v) is 1.37. The van der Waals surface area contributed by atoms with Crippen LogP contribution in [0.2, 0.25) is 5.02 Å². The molecule has 0 aliphatic heterocycles. The van der Waals surface area contributed by atoms with E-state index in [-0.39, 0.29) is 17.2 Å². The number of benzene rings is 1. The Hall–Kier alpha value is -1.22. The Morgan fingerprint density at radius 1 is 1.57 bits per heavy atom. The maximum Gasteiger partial charge on any atom is 0.253 e. The largest absolute Gasteiger partial charge is 0.387 e. The van der Waals surface area contributed by atoms with Crippen LogP contribution in [0.1, 0.15) is 20.0 Å². The van der Waals surface area contributed by atoms with Gasteiger partial charge in [-0.3, -0.25) is 4.79 Å². The van der Waals surface area contributed by atoms with Gasteiger partial charge in [-0.2, -0.15) is 0 Å². The van der Waals surface area contributed by atoms with Crippen molar-refractivity contribution >= 4 is 23.2 Å². The lowest BCUT2D eigenvalue weighted by Gasteiger charge is -2.11. The highest BCUT2D eigenvalue weighted by Crippen LogP contribution is 2.25. The minimum absolute atomic E-state index is 0.242. The van der Waals surface area contributed by atoms with E-state index in [9.17, 15) is 4.79 Å². The third kappa shape index (κ3) is 1.82. The standard InChI is InChI=1S/C10H13ClN2O/c1-6-7(11)4-5-8(12-2)9(6)10(14)13-3/h4-5,12H,1-3H3,(H,13,14)/i2D3. The molecular formula is C10H13ClN2O. The molecule has 0 radical (unpaired) electrons. The van der Waals surface area contributed by atoms with Gasteiger partial charge in [-0.1, -0.05) is 11.6 Å². The Bertz CT molecular complexity index is 446. The summed E-state index contributed by atoms with van der Waals surface area (Å²) in [6.07, 6.45) is 0. The van der Waals surface area contributed by atoms with Crippen molar-refractivity contribution in [1.29, 1.82) is 0 Å². The zero-order chi connectivity index (χ0) is 13.2. The van der Waals surface area contributed by atoms with Crippen LogP contribution in [0.25, 0.3) is 0 Å². The first kappa shape index (κ1) is 7.12. The highest BCUT2D eigenvalue weighted by atomic mass is 35.5. The summed E-state index contributed by atoms with van der Waals surface area (Å²) < 4.78 is 21.4. The topological polar surface area (TPSA) is 41.1 Å². The Labute approximate surface area is 92.7 Å². The zero-order valence-electron chi connectivity index (χ0n) is 10.9. The third-order valence-corrected chi connectivity index (χ3v) is 2.40. The Morgan fingerprint density at radius 3 is 2.86 bits per heavy atom. The van der Waals surface area contributed by atoms with Crippen molar-refractivity contribution in [1.82, 2.24) is 5.32 Å². The Balaban J connectivity index is 3.30. The van der Waals surface area contributed by atoms with E-state index in [0.717, 1.165) is 0 Å². The molecule has 0 saturated heterocycles. The highest BCUT2D eigenvalue weighted by molar-refractivity contribution is 6.32. The summed E-state index contributed by atoms with van der Waals surface area (Å²) >= 11 is 5.91. The zero-order valence-corrected chi connectivity index (χ0v) is 8.70. The van der Waals surface area contributed by atoms with Crippen LogP contribution in [0.5, 0.6) is 0 Å². The molecule has 0 fully saturated rings. The van der Waals surface area contributed by atoms with Crippen LogP contribution in [0.15, 0.2) is 12.1 Å². The van der Waals surface area contributed by atoms with Crippen LogP contribution < -0.4 is 10.6 Å². The maximum absolute atomic E-state index is 11.7. The van der Waals surface area contributed by atoms with Crippen LogP contribution in [-0.2, 0) is 0 Å². The van der Waals surface area contributed by atoms with Crippen molar-refractivity contribution in [2.24, 2.45) is 0 Å². The molecule has 0 aromatic heterocycles. The number of rotatable bonds is 2. The molecule has 14 heavy (non-hydrogen) atoms. The Morgan fingerprint density at radius 2 is 2.29 bits per heavy atom. The molecule has 2 N–H and O–H groups in total. The van der Waals surface area contributed by atoms with E-state index in [1.807, 2.05) is 0 Å². The van der Waals surface area contributed by atoms with Crippen molar-refractivity contribution in [3.63, 3.8) is 0 Å². The smallest absolute Gasteiger partial charge is 0.253 e. The van der Waals surface area contributed by atoms with Crippen molar-refractivity contribution in [3.05, 3.63) is 28.3 Å². The molecule has 0 heterocycles. The average molecular weight is 216 g/mol. The number of hydrogen-bond acceptors (Lipinski definition) is 2. The number of hydrogen-bond donors (Lipinski definition) is 2. The lowest BCUT2D eigenvalue weighted by Crippen LogP contribution is -2.20. The van der Waals surface area contributed by atoms with Gasteiger partial charge in [-0.05, 0) is 24.6 Å². The number of halogens is 1. The van der Waals surface area contributed by atoms with Gasteiger partial charge in [-0.25, -0.2) is 0 Å². The molecule has 3 nitrogen and oxygen atoms in total. The third-order valence-electron chi connectivity index (χ3n) is 1.99. The quantitative estimate of drug-likeness (QED) is 0.793. The van der Waals surface area contributed by atoms with Gasteiger partial charge in [0.2, 0.25) is 0 Å². The van der Waals surface area contributed by atoms with E-state index < -0.39 is 6.98 Å². The van der Waals surface area contributed by atoms with Crippen molar-refractivity contribution in [2.75, 3.05) is 19.3 Å². The summed E-state index contributed by atoms with van der Waals surface area (Å²) in [5.41, 5.74) is 1.03. The number of carbonyl (C=O) groups is 1. The van der Waals surface area contributed by atoms with E-state index in [4.69, 9.17) is 15.7 Å². The fraction of sp³-hybridized carbons (Fsp3) is 0.300. The van der Waals surface area contributed by atoms with Gasteiger partial charge in [0.05, 0.1) is 5.56 Å². The van der Waals surface area contributed by atoms with Crippen LogP contribution in [-0.4, -0.2) is 19.9 Å². The monoisotopic (exact) mass is 215 g/mol. The van der Waals surface area contributed by atoms with Crippen LogP contribution >= 0.6 is 11.6 Å². The summed E-state index contributed by atoms with van der Waals surface area (Å²) in [7, 11) is 1.47. The molecule has 0 unspecified atom stereocenters. The van der Waals surface area contributed by atoms with Crippen molar-refractivity contribution in [2.45, 2.75) is 6.92 Å². The number of nitrogens with one attached hydrogen (secondary N) is 2. The summed E-state index contributed by atoms with van der Waals surface area (Å²) in [4.78, 5) is 11.7. The predicted molar refractivity (Wildman–Crippen MR) is 59.1 cm³/mol. The van der Waals surface area contributed by atoms with Gasteiger partial charge in [-0.15, -0.1) is 0 Å². The normalized spacial score (nSPS) is 13.8. The van der Waals surface area contributed by atoms with Gasteiger partial charge >= 0.3 is 0 Å². The Kier molecular flexibility index (Phi) is 2.20. The molecule has 0 saturated carbocycles. The van der Waals surface area contributed by atoms with Gasteiger partial charge < -0.3 is 10.6 Å². The summed E-state index contributed by atoms with van der Waals surface area (Å²) in [6.45, 7) is -0.694. The second-order valence-corrected chi connectivity index (χ2v) is 3.21. The van der Waals surface area contributed by atoms with Crippen LogP contribution in [0.4, 0.5) is 5.69 Å². The SMILES string of the molecule is [2H]C([2H])([2H])Nc1ccc(Cl)c(C)c1C(=O)NC. The average Bonchev–Trinajstić information content (AvgIpc) is 2.21. The minimum atomic E-state index is -2.36. The second kappa shape index (κ2) is 4.33. The van der Waals surface area contributed by atoms with E-state index in [1.54, 1.807) is 13.0 Å². The highest BCUT2D eigenvalue weighted by Gasteiger charge is 2.14. The molecule has 76 valence electrons. The van der Waals surface area contributed by atoms with Crippen LogP contribution in [0.3, 0.4) is 0 Å². The summed E-state index contributed by atoms with van der Waals surface area (Å²) in [5, 5.41) is 5.18.